The number of rotatable bonds is 2. The number of alkyl halides is 4. The van der Waals surface area contributed by atoms with Gasteiger partial charge in [0.25, 0.3) is 11.8 Å². The Morgan fingerprint density at radius 1 is 0.962 bits per heavy atom. The van der Waals surface area contributed by atoms with Crippen LogP contribution in [0.3, 0.4) is 0 Å². The van der Waals surface area contributed by atoms with Gasteiger partial charge in [-0.25, -0.2) is 0 Å². The highest BCUT2D eigenvalue weighted by Crippen LogP contribution is 2.81. The fourth-order valence-corrected chi connectivity index (χ4v) is 8.59. The number of nitrogens with zero attached hydrogens (tertiary/aromatic N) is 1. The van der Waals surface area contributed by atoms with Crippen molar-refractivity contribution in [1.29, 1.82) is 0 Å². The number of allylic oxidation sites excluding steroid dienone is 2. The molecule has 0 aromatic heterocycles. The second-order valence-electron chi connectivity index (χ2n) is 7.18. The summed E-state index contributed by atoms with van der Waals surface area (Å²) in [7, 11) is 0. The standard InChI is InChI=1S/C15H11Cl6NO4/c1-2-25-22-11(23)3-4(12(22)24)8-6-5(7(3)26-8)13(18)9(16)10(17)14(6,19)15(13,20)21/h3-8H,2H2,1H3/t3-,4-,5+,6+,7-,8-,13+,14+/m1/s1. The van der Waals surface area contributed by atoms with E-state index in [1.165, 1.54) is 0 Å². The predicted molar refractivity (Wildman–Crippen MR) is 96.4 cm³/mol. The van der Waals surface area contributed by atoms with Gasteiger partial charge in [-0.05, 0) is 6.92 Å². The maximum Gasteiger partial charge on any atom is 0.260 e. The van der Waals surface area contributed by atoms with E-state index in [0.717, 1.165) is 5.06 Å². The fourth-order valence-electron chi connectivity index (χ4n) is 5.53. The van der Waals surface area contributed by atoms with E-state index in [1.807, 2.05) is 0 Å². The van der Waals surface area contributed by atoms with Crippen molar-refractivity contribution in [3.8, 4) is 0 Å². The molecule has 2 amide bonds. The quantitative estimate of drug-likeness (QED) is 0.448. The molecule has 0 N–H and O–H groups in total. The molecule has 1 saturated carbocycles. The van der Waals surface area contributed by atoms with Gasteiger partial charge in [-0.3, -0.25) is 14.4 Å². The Labute approximate surface area is 178 Å². The summed E-state index contributed by atoms with van der Waals surface area (Å²) in [6.07, 6.45) is -1.41. The fraction of sp³-hybridized carbons (Fsp3) is 0.733. The van der Waals surface area contributed by atoms with Gasteiger partial charge in [0.1, 0.15) is 9.75 Å². The first-order valence-corrected chi connectivity index (χ1v) is 10.3. The minimum atomic E-state index is -1.71. The molecule has 0 unspecified atom stereocenters. The summed E-state index contributed by atoms with van der Waals surface area (Å²) >= 11 is 39.7. The van der Waals surface area contributed by atoms with Crippen molar-refractivity contribution >= 4 is 81.4 Å². The van der Waals surface area contributed by atoms with Crippen LogP contribution >= 0.6 is 69.6 Å². The molecule has 142 valence electrons. The topological polar surface area (TPSA) is 55.8 Å². The van der Waals surface area contributed by atoms with E-state index < -0.39 is 61.8 Å². The second kappa shape index (κ2) is 5.17. The minimum Gasteiger partial charge on any atom is -0.373 e. The molecule has 5 aliphatic rings. The van der Waals surface area contributed by atoms with E-state index in [2.05, 4.69) is 0 Å². The Bertz CT molecular complexity index is 745. The summed E-state index contributed by atoms with van der Waals surface area (Å²) in [5.41, 5.74) is 0. The molecule has 2 aliphatic carbocycles. The number of amides is 2. The first-order chi connectivity index (χ1) is 12.1. The molecular weight excluding hydrogens is 471 g/mol. The predicted octanol–water partition coefficient (Wildman–Crippen LogP) is 3.40. The lowest BCUT2D eigenvalue weighted by atomic mass is 9.65. The second-order valence-corrected chi connectivity index (χ2v) is 10.5. The molecule has 3 saturated heterocycles. The van der Waals surface area contributed by atoms with E-state index in [4.69, 9.17) is 79.2 Å². The van der Waals surface area contributed by atoms with Gasteiger partial charge in [0, 0.05) is 11.8 Å². The van der Waals surface area contributed by atoms with Crippen molar-refractivity contribution in [2.45, 2.75) is 33.2 Å². The minimum absolute atomic E-state index is 0.0632. The first-order valence-electron chi connectivity index (χ1n) is 8.04. The average molecular weight is 482 g/mol. The van der Waals surface area contributed by atoms with Crippen LogP contribution in [-0.2, 0) is 19.2 Å². The van der Waals surface area contributed by atoms with Crippen LogP contribution < -0.4 is 0 Å². The number of fused-ring (bicyclic) bond motifs is 12. The van der Waals surface area contributed by atoms with Crippen LogP contribution in [0.15, 0.2) is 10.1 Å². The van der Waals surface area contributed by atoms with Gasteiger partial charge in [-0.15, -0.1) is 23.2 Å². The number of carbonyl (C=O) groups is 2. The third-order valence-electron chi connectivity index (χ3n) is 6.40. The Morgan fingerprint density at radius 3 is 1.77 bits per heavy atom. The molecule has 0 spiro atoms. The van der Waals surface area contributed by atoms with Crippen LogP contribution in [-0.4, -0.2) is 49.8 Å². The molecule has 5 nitrogen and oxygen atoms in total. The summed E-state index contributed by atoms with van der Waals surface area (Å²) in [6.45, 7) is 1.87. The summed E-state index contributed by atoms with van der Waals surface area (Å²) in [6, 6.07) is 0. The number of hydrogen-bond donors (Lipinski definition) is 0. The Morgan fingerprint density at radius 2 is 1.38 bits per heavy atom. The number of hydrogen-bond acceptors (Lipinski definition) is 4. The average Bonchev–Trinajstić information content (AvgIpc) is 3.28. The molecule has 11 heteroatoms. The van der Waals surface area contributed by atoms with Gasteiger partial charge < -0.3 is 4.74 Å². The van der Waals surface area contributed by atoms with Crippen molar-refractivity contribution in [3.05, 3.63) is 10.1 Å². The van der Waals surface area contributed by atoms with Crippen molar-refractivity contribution < 1.29 is 19.2 Å². The van der Waals surface area contributed by atoms with Crippen LogP contribution in [0.5, 0.6) is 0 Å². The molecule has 0 aromatic rings. The molecule has 26 heavy (non-hydrogen) atoms. The molecule has 5 rings (SSSR count). The maximum absolute atomic E-state index is 12.8. The zero-order valence-electron chi connectivity index (χ0n) is 13.0. The van der Waals surface area contributed by atoms with Crippen LogP contribution in [0.1, 0.15) is 6.92 Å². The summed E-state index contributed by atoms with van der Waals surface area (Å²) in [5, 5.41) is 0.940. The van der Waals surface area contributed by atoms with Crippen LogP contribution in [0.25, 0.3) is 0 Å². The molecule has 3 heterocycles. The lowest BCUT2D eigenvalue weighted by Crippen LogP contribution is -2.50. The third kappa shape index (κ3) is 1.55. The zero-order chi connectivity index (χ0) is 19.0. The molecular formula is C15H11Cl6NO4. The summed E-state index contributed by atoms with van der Waals surface area (Å²) < 4.78 is 4.31. The monoisotopic (exact) mass is 479 g/mol. The van der Waals surface area contributed by atoms with Gasteiger partial charge in [0.15, 0.2) is 4.33 Å². The smallest absolute Gasteiger partial charge is 0.260 e. The van der Waals surface area contributed by atoms with E-state index >= 15 is 0 Å². The highest BCUT2D eigenvalue weighted by Gasteiger charge is 2.90. The Hall–Kier alpha value is 0.540. The summed E-state index contributed by atoms with van der Waals surface area (Å²) in [5.74, 6) is -3.50. The van der Waals surface area contributed by atoms with Crippen LogP contribution in [0.4, 0.5) is 0 Å². The molecule has 4 bridgehead atoms. The van der Waals surface area contributed by atoms with Crippen molar-refractivity contribution in [3.63, 3.8) is 0 Å². The van der Waals surface area contributed by atoms with Gasteiger partial charge in [-0.1, -0.05) is 46.4 Å². The highest BCUT2D eigenvalue weighted by atomic mass is 35.5. The van der Waals surface area contributed by atoms with Gasteiger partial charge in [-0.2, -0.15) is 5.06 Å². The number of carbonyl (C=O) groups excluding carboxylic acids is 2. The maximum atomic E-state index is 12.8. The van der Waals surface area contributed by atoms with Gasteiger partial charge in [0.2, 0.25) is 0 Å². The lowest BCUT2D eigenvalue weighted by Gasteiger charge is -2.39. The van der Waals surface area contributed by atoms with E-state index in [-0.39, 0.29) is 16.7 Å². The lowest BCUT2D eigenvalue weighted by molar-refractivity contribution is -0.191. The van der Waals surface area contributed by atoms with Crippen LogP contribution in [0.2, 0.25) is 0 Å². The molecule has 8 atom stereocenters. The number of ether oxygens (including phenoxy) is 1. The third-order valence-corrected chi connectivity index (χ3v) is 10.7. The van der Waals surface area contributed by atoms with E-state index in [9.17, 15) is 9.59 Å². The highest BCUT2D eigenvalue weighted by molar-refractivity contribution is 6.65. The summed E-state index contributed by atoms with van der Waals surface area (Å²) in [4.78, 5) is 27.7. The van der Waals surface area contributed by atoms with E-state index in [0.29, 0.717) is 0 Å². The molecule has 4 fully saturated rings. The van der Waals surface area contributed by atoms with Gasteiger partial charge >= 0.3 is 0 Å². The number of imide groups is 1. The SMILES string of the molecule is CCON1C(=O)[C@H]2[C@H]3O[C@H]([C@@H]2C1=O)[C@@H]1[C@@H]3[C@]2(Cl)C(Cl)=C(Cl)[C@]1(Cl)C2(Cl)Cl. The number of hydroxylamine groups is 2. The normalized spacial score (nSPS) is 53.1. The van der Waals surface area contributed by atoms with Crippen LogP contribution in [0, 0.1) is 23.7 Å². The van der Waals surface area contributed by atoms with Crippen molar-refractivity contribution in [2.75, 3.05) is 6.61 Å². The van der Waals surface area contributed by atoms with Crippen molar-refractivity contribution in [1.82, 2.24) is 5.06 Å². The van der Waals surface area contributed by atoms with Gasteiger partial charge in [0.05, 0.1) is 40.7 Å². The Kier molecular flexibility index (Phi) is 3.69. The molecule has 0 radical (unpaired) electrons. The van der Waals surface area contributed by atoms with E-state index in [1.54, 1.807) is 6.92 Å². The number of halogens is 6. The van der Waals surface area contributed by atoms with Crippen molar-refractivity contribution in [2.24, 2.45) is 23.7 Å². The zero-order valence-corrected chi connectivity index (χ0v) is 17.6. The Balaban J connectivity index is 1.66. The first kappa shape index (κ1) is 18.6. The molecule has 3 aliphatic heterocycles. The largest absolute Gasteiger partial charge is 0.373 e. The molecule has 0 aromatic carbocycles.